The molecule has 0 aliphatic carbocycles. The predicted octanol–water partition coefficient (Wildman–Crippen LogP) is 3.58. The fourth-order valence-electron chi connectivity index (χ4n) is 3.31. The fourth-order valence-corrected chi connectivity index (χ4v) is 3.31. The van der Waals surface area contributed by atoms with Gasteiger partial charge in [0.1, 0.15) is 0 Å². The number of likely N-dealkylation sites (tertiary alicyclic amines) is 1. The van der Waals surface area contributed by atoms with Crippen molar-refractivity contribution < 1.29 is 23.1 Å². The molecule has 0 spiro atoms. The van der Waals surface area contributed by atoms with Crippen LogP contribution in [-0.4, -0.2) is 41.7 Å². The van der Waals surface area contributed by atoms with E-state index >= 15 is 0 Å². The van der Waals surface area contributed by atoms with E-state index in [1.165, 1.54) is 12.1 Å². The van der Waals surface area contributed by atoms with Gasteiger partial charge >= 0.3 is 6.18 Å². The molecule has 7 heteroatoms. The molecule has 1 saturated heterocycles. The molecule has 1 aromatic carbocycles. The first-order chi connectivity index (χ1) is 12.6. The summed E-state index contributed by atoms with van der Waals surface area (Å²) in [4.78, 5) is 14.6. The molecule has 0 unspecified atom stereocenters. The number of piperidine rings is 1. The molecule has 2 N–H and O–H groups in total. The number of aliphatic hydroxyl groups is 1. The molecule has 0 aromatic heterocycles. The first kappa shape index (κ1) is 21.7. The highest BCUT2D eigenvalue weighted by molar-refractivity contribution is 5.82. The van der Waals surface area contributed by atoms with Crippen LogP contribution in [0.15, 0.2) is 24.3 Å². The summed E-state index contributed by atoms with van der Waals surface area (Å²) in [7, 11) is 0. The van der Waals surface area contributed by atoms with Crippen LogP contribution in [0, 0.1) is 5.41 Å². The molecule has 152 valence electrons. The van der Waals surface area contributed by atoms with Crippen molar-refractivity contribution in [3.8, 4) is 0 Å². The first-order valence-electron chi connectivity index (χ1n) is 9.42. The van der Waals surface area contributed by atoms with Crippen molar-refractivity contribution in [1.29, 1.82) is 0 Å². The van der Waals surface area contributed by atoms with Crippen LogP contribution < -0.4 is 5.32 Å². The van der Waals surface area contributed by atoms with Gasteiger partial charge in [0.15, 0.2) is 0 Å². The Morgan fingerprint density at radius 1 is 1.19 bits per heavy atom. The molecule has 1 amide bonds. The Labute approximate surface area is 158 Å². The number of benzene rings is 1. The average Bonchev–Trinajstić information content (AvgIpc) is 2.61. The number of rotatable bonds is 7. The Balaban J connectivity index is 1.79. The maximum absolute atomic E-state index is 12.6. The maximum atomic E-state index is 12.6. The normalized spacial score (nSPS) is 17.1. The Kier molecular flexibility index (Phi) is 7.28. The summed E-state index contributed by atoms with van der Waals surface area (Å²) in [6.07, 6.45) is -1.42. The van der Waals surface area contributed by atoms with Crippen LogP contribution >= 0.6 is 0 Å². The number of nitrogens with one attached hydrogen (secondary N) is 1. The lowest BCUT2D eigenvalue weighted by molar-refractivity contribution is -0.137. The first-order valence-corrected chi connectivity index (χ1v) is 9.42. The van der Waals surface area contributed by atoms with E-state index in [9.17, 15) is 18.0 Å². The van der Waals surface area contributed by atoms with Gasteiger partial charge in [-0.3, -0.25) is 9.69 Å². The quantitative estimate of drug-likeness (QED) is 0.753. The largest absolute Gasteiger partial charge is 0.416 e. The summed E-state index contributed by atoms with van der Waals surface area (Å²) in [6, 6.07) is 5.42. The van der Waals surface area contributed by atoms with E-state index < -0.39 is 17.2 Å². The highest BCUT2D eigenvalue weighted by atomic mass is 19.4. The van der Waals surface area contributed by atoms with E-state index in [0.717, 1.165) is 43.6 Å². The van der Waals surface area contributed by atoms with Crippen LogP contribution in [0.3, 0.4) is 0 Å². The lowest BCUT2D eigenvalue weighted by atomic mass is 9.86. The van der Waals surface area contributed by atoms with Crippen molar-refractivity contribution >= 4 is 5.91 Å². The van der Waals surface area contributed by atoms with Gasteiger partial charge in [0, 0.05) is 37.7 Å². The van der Waals surface area contributed by atoms with E-state index in [-0.39, 0.29) is 18.6 Å². The van der Waals surface area contributed by atoms with Crippen LogP contribution in [0.4, 0.5) is 13.2 Å². The Morgan fingerprint density at radius 3 is 2.30 bits per heavy atom. The van der Waals surface area contributed by atoms with Crippen LogP contribution in [0.5, 0.6) is 0 Å². The summed E-state index contributed by atoms with van der Waals surface area (Å²) < 4.78 is 37.9. The zero-order valence-electron chi connectivity index (χ0n) is 16.0. The Morgan fingerprint density at radius 2 is 1.78 bits per heavy atom. The van der Waals surface area contributed by atoms with Crippen molar-refractivity contribution in [3.63, 3.8) is 0 Å². The highest BCUT2D eigenvalue weighted by Gasteiger charge is 2.31. The zero-order chi connectivity index (χ0) is 20.1. The number of aliphatic hydroxyl groups excluding tert-OH is 1. The van der Waals surface area contributed by atoms with Gasteiger partial charge in [-0.15, -0.1) is 0 Å². The second kappa shape index (κ2) is 9.06. The molecule has 1 aliphatic heterocycles. The van der Waals surface area contributed by atoms with Gasteiger partial charge in [0.2, 0.25) is 5.91 Å². The topological polar surface area (TPSA) is 52.6 Å². The van der Waals surface area contributed by atoms with Crippen molar-refractivity contribution in [2.75, 3.05) is 19.7 Å². The molecule has 1 fully saturated rings. The summed E-state index contributed by atoms with van der Waals surface area (Å²) in [5, 5.41) is 12.0. The van der Waals surface area contributed by atoms with Gasteiger partial charge in [-0.05, 0) is 43.4 Å². The highest BCUT2D eigenvalue weighted by Crippen LogP contribution is 2.29. The maximum Gasteiger partial charge on any atom is 0.416 e. The number of alkyl halides is 3. The number of nitrogens with zero attached hydrogens (tertiary/aromatic N) is 1. The van der Waals surface area contributed by atoms with Crippen LogP contribution in [0.2, 0.25) is 0 Å². The summed E-state index contributed by atoms with van der Waals surface area (Å²) >= 11 is 0. The SMILES string of the molecule is CC(C)(CCCO)C(=O)NC1CCN(Cc2ccc(C(F)(F)F)cc2)CC1. The molecule has 2 rings (SSSR count). The average molecular weight is 386 g/mol. The molecule has 0 saturated carbocycles. The summed E-state index contributed by atoms with van der Waals surface area (Å²) in [6.45, 7) is 6.06. The molecule has 27 heavy (non-hydrogen) atoms. The van der Waals surface area contributed by atoms with Crippen molar-refractivity contribution in [2.24, 2.45) is 5.41 Å². The number of hydrogen-bond acceptors (Lipinski definition) is 3. The Hall–Kier alpha value is -1.60. The minimum absolute atomic E-state index is 0.0112. The molecule has 4 nitrogen and oxygen atoms in total. The third kappa shape index (κ3) is 6.50. The van der Waals surface area contributed by atoms with Crippen LogP contribution in [0.25, 0.3) is 0 Å². The van der Waals surface area contributed by atoms with E-state index in [2.05, 4.69) is 10.2 Å². The minimum atomic E-state index is -4.31. The van der Waals surface area contributed by atoms with Gasteiger partial charge in [0.05, 0.1) is 5.56 Å². The molecule has 0 radical (unpaired) electrons. The zero-order valence-corrected chi connectivity index (χ0v) is 16.0. The number of halogens is 3. The van der Waals surface area contributed by atoms with Crippen LogP contribution in [0.1, 0.15) is 50.7 Å². The number of carbonyl (C=O) groups excluding carboxylic acids is 1. The van der Waals surface area contributed by atoms with E-state index in [4.69, 9.17) is 5.11 Å². The molecule has 1 aromatic rings. The second-order valence-corrected chi connectivity index (χ2v) is 7.93. The lowest BCUT2D eigenvalue weighted by Crippen LogP contribution is -2.48. The standard InChI is InChI=1S/C20H29F3N2O2/c1-19(2,10-3-13-26)18(27)24-17-8-11-25(12-9-17)14-15-4-6-16(7-5-15)20(21,22)23/h4-7,17,26H,3,8-14H2,1-2H3,(H,24,27). The summed E-state index contributed by atoms with van der Waals surface area (Å²) in [5.74, 6) is 0.0112. The third-order valence-corrected chi connectivity index (χ3v) is 5.18. The van der Waals surface area contributed by atoms with Gasteiger partial charge in [-0.25, -0.2) is 0 Å². The monoisotopic (exact) mass is 386 g/mol. The van der Waals surface area contributed by atoms with Crippen LogP contribution in [-0.2, 0) is 17.5 Å². The van der Waals surface area contributed by atoms with Gasteiger partial charge in [-0.2, -0.15) is 13.2 Å². The van der Waals surface area contributed by atoms with Crippen molar-refractivity contribution in [1.82, 2.24) is 10.2 Å². The van der Waals surface area contributed by atoms with Crippen molar-refractivity contribution in [2.45, 2.75) is 58.3 Å². The molecular weight excluding hydrogens is 357 g/mol. The molecule has 1 heterocycles. The van der Waals surface area contributed by atoms with E-state index in [1.807, 2.05) is 13.8 Å². The van der Waals surface area contributed by atoms with E-state index in [0.29, 0.717) is 19.4 Å². The van der Waals surface area contributed by atoms with Gasteiger partial charge in [0.25, 0.3) is 0 Å². The van der Waals surface area contributed by atoms with Gasteiger partial charge < -0.3 is 10.4 Å². The number of hydrogen-bond donors (Lipinski definition) is 2. The second-order valence-electron chi connectivity index (χ2n) is 7.93. The molecule has 0 bridgehead atoms. The van der Waals surface area contributed by atoms with Crippen molar-refractivity contribution in [3.05, 3.63) is 35.4 Å². The minimum Gasteiger partial charge on any atom is -0.396 e. The smallest absolute Gasteiger partial charge is 0.396 e. The molecule has 1 aliphatic rings. The Bertz CT molecular complexity index is 607. The van der Waals surface area contributed by atoms with Gasteiger partial charge in [-0.1, -0.05) is 26.0 Å². The lowest BCUT2D eigenvalue weighted by Gasteiger charge is -2.34. The number of amides is 1. The number of carbonyl (C=O) groups is 1. The summed E-state index contributed by atoms with van der Waals surface area (Å²) in [5.41, 5.74) is -0.271. The fraction of sp³-hybridized carbons (Fsp3) is 0.650. The molecular formula is C20H29F3N2O2. The van der Waals surface area contributed by atoms with E-state index in [1.54, 1.807) is 0 Å². The third-order valence-electron chi connectivity index (χ3n) is 5.18. The molecule has 0 atom stereocenters. The predicted molar refractivity (Wildman–Crippen MR) is 98.0 cm³/mol.